The quantitative estimate of drug-likeness (QED) is 0.572. The molecule has 0 aliphatic carbocycles. The van der Waals surface area contributed by atoms with Crippen molar-refractivity contribution in [3.05, 3.63) is 29.8 Å². The number of hydrogen-bond donors (Lipinski definition) is 0. The van der Waals surface area contributed by atoms with Crippen LogP contribution in [0.4, 0.5) is 0 Å². The molecule has 0 heterocycles. The first-order chi connectivity index (χ1) is 8.17. The Balaban J connectivity index is 2.60. The predicted molar refractivity (Wildman–Crippen MR) is 71.7 cm³/mol. The van der Waals surface area contributed by atoms with Crippen LogP contribution < -0.4 is 0 Å². The van der Waals surface area contributed by atoms with Crippen molar-refractivity contribution in [2.24, 2.45) is 0 Å². The van der Waals surface area contributed by atoms with Crippen LogP contribution in [0.25, 0.3) is 0 Å². The zero-order valence-electron chi connectivity index (χ0n) is 9.57. The lowest BCUT2D eigenvalue weighted by Crippen LogP contribution is -2.29. The van der Waals surface area contributed by atoms with Crippen molar-refractivity contribution in [1.82, 2.24) is 5.06 Å². The summed E-state index contributed by atoms with van der Waals surface area (Å²) in [6, 6.07) is 7.35. The summed E-state index contributed by atoms with van der Waals surface area (Å²) in [6.45, 7) is 2.96. The minimum absolute atomic E-state index is 0.405. The summed E-state index contributed by atoms with van der Waals surface area (Å²) >= 11 is 9.72. The Hall–Kier alpha value is -0.130. The molecule has 17 heavy (non-hydrogen) atoms. The summed E-state index contributed by atoms with van der Waals surface area (Å²) in [6.07, 6.45) is 0. The Labute approximate surface area is 114 Å². The van der Waals surface area contributed by atoms with Gasteiger partial charge >= 0.3 is 0 Å². The number of halogens is 2. The minimum atomic E-state index is -1.52. The second-order valence-corrected chi connectivity index (χ2v) is 5.28. The summed E-state index contributed by atoms with van der Waals surface area (Å²) in [5.74, 6) is 0.809. The highest BCUT2D eigenvalue weighted by atomic mass is 35.5. The van der Waals surface area contributed by atoms with Crippen molar-refractivity contribution in [3.63, 3.8) is 0 Å². The molecule has 0 radical (unpaired) electrons. The molecule has 0 N–H and O–H groups in total. The zero-order valence-corrected chi connectivity index (χ0v) is 11.9. The standard InChI is InChI=1S/C11H15Cl2NO2S/c1-10-2-4-11(5-3-10)17(15)16-14(8-6-12)9-7-13/h2-5H,6-9H2,1H3/t17-/m0/s1. The Kier molecular flexibility index (Phi) is 7.08. The lowest BCUT2D eigenvalue weighted by Gasteiger charge is -2.17. The Morgan fingerprint density at radius 2 is 1.71 bits per heavy atom. The molecule has 0 spiro atoms. The smallest absolute Gasteiger partial charge is 0.206 e. The summed E-state index contributed by atoms with van der Waals surface area (Å²) in [5, 5.41) is 1.52. The molecule has 3 nitrogen and oxygen atoms in total. The van der Waals surface area contributed by atoms with Crippen LogP contribution in [0.15, 0.2) is 29.2 Å². The normalized spacial score (nSPS) is 12.9. The number of hydrogen-bond acceptors (Lipinski definition) is 3. The lowest BCUT2D eigenvalue weighted by molar-refractivity contribution is -0.0326. The topological polar surface area (TPSA) is 29.5 Å². The number of rotatable bonds is 7. The maximum absolute atomic E-state index is 11.9. The van der Waals surface area contributed by atoms with E-state index in [1.165, 1.54) is 5.06 Å². The molecule has 0 aliphatic rings. The first-order valence-electron chi connectivity index (χ1n) is 5.21. The lowest BCUT2D eigenvalue weighted by atomic mass is 10.2. The van der Waals surface area contributed by atoms with Gasteiger partial charge in [-0.1, -0.05) is 17.7 Å². The van der Waals surface area contributed by atoms with Gasteiger partial charge in [-0.15, -0.1) is 23.2 Å². The van der Waals surface area contributed by atoms with Crippen molar-refractivity contribution in [3.8, 4) is 0 Å². The van der Waals surface area contributed by atoms with Gasteiger partial charge in [0.05, 0.1) is 4.90 Å². The summed E-state index contributed by atoms with van der Waals surface area (Å²) in [7, 11) is 0. The molecular formula is C11H15Cl2NO2S. The predicted octanol–water partition coefficient (Wildman–Crippen LogP) is 2.73. The van der Waals surface area contributed by atoms with E-state index in [1.54, 1.807) is 12.1 Å². The molecule has 0 aromatic heterocycles. The summed E-state index contributed by atoms with van der Waals surface area (Å²) in [4.78, 5) is 0.629. The van der Waals surface area contributed by atoms with Crippen molar-refractivity contribution >= 4 is 34.3 Å². The summed E-state index contributed by atoms with van der Waals surface area (Å²) < 4.78 is 17.2. The maximum Gasteiger partial charge on any atom is 0.206 e. The van der Waals surface area contributed by atoms with Crippen molar-refractivity contribution < 1.29 is 8.49 Å². The monoisotopic (exact) mass is 295 g/mol. The van der Waals surface area contributed by atoms with Gasteiger partial charge in [0.15, 0.2) is 0 Å². The molecule has 1 atom stereocenters. The van der Waals surface area contributed by atoms with Crippen molar-refractivity contribution in [2.75, 3.05) is 24.8 Å². The first kappa shape index (κ1) is 14.9. The zero-order chi connectivity index (χ0) is 12.7. The molecule has 1 aromatic rings. The van der Waals surface area contributed by atoms with Crippen LogP contribution in [0.2, 0.25) is 0 Å². The Bertz CT molecular complexity index is 353. The van der Waals surface area contributed by atoms with E-state index in [1.807, 2.05) is 19.1 Å². The van der Waals surface area contributed by atoms with Gasteiger partial charge in [0.1, 0.15) is 0 Å². The molecule has 6 heteroatoms. The van der Waals surface area contributed by atoms with Crippen LogP contribution in [-0.2, 0) is 15.4 Å². The van der Waals surface area contributed by atoms with E-state index in [9.17, 15) is 4.21 Å². The van der Waals surface area contributed by atoms with Gasteiger partial charge in [-0.25, -0.2) is 4.21 Å². The molecule has 0 amide bonds. The van der Waals surface area contributed by atoms with Crippen LogP contribution in [0.1, 0.15) is 5.56 Å². The Morgan fingerprint density at radius 3 is 2.18 bits per heavy atom. The van der Waals surface area contributed by atoms with Crippen molar-refractivity contribution in [2.45, 2.75) is 11.8 Å². The molecule has 0 saturated heterocycles. The molecule has 0 unspecified atom stereocenters. The molecule has 0 saturated carbocycles. The van der Waals surface area contributed by atoms with Gasteiger partial charge < -0.3 is 0 Å². The maximum atomic E-state index is 11.9. The fourth-order valence-corrected chi connectivity index (χ4v) is 2.32. The number of aryl methyl sites for hydroxylation is 1. The largest absolute Gasteiger partial charge is 0.223 e. The third kappa shape index (κ3) is 5.36. The average Bonchev–Trinajstić information content (AvgIpc) is 2.30. The van der Waals surface area contributed by atoms with E-state index in [-0.39, 0.29) is 0 Å². The summed E-state index contributed by atoms with van der Waals surface area (Å²) in [5.41, 5.74) is 1.11. The van der Waals surface area contributed by atoms with E-state index in [0.29, 0.717) is 29.7 Å². The highest BCUT2D eigenvalue weighted by Gasteiger charge is 2.11. The van der Waals surface area contributed by atoms with E-state index < -0.39 is 11.1 Å². The second-order valence-electron chi connectivity index (χ2n) is 3.43. The Morgan fingerprint density at radius 1 is 1.18 bits per heavy atom. The van der Waals surface area contributed by atoms with Gasteiger partial charge in [-0.05, 0) is 19.1 Å². The van der Waals surface area contributed by atoms with E-state index in [2.05, 4.69) is 0 Å². The average molecular weight is 296 g/mol. The highest BCUT2D eigenvalue weighted by molar-refractivity contribution is 7.80. The number of hydroxylamine groups is 2. The molecule has 0 bridgehead atoms. The number of alkyl halides is 2. The van der Waals surface area contributed by atoms with Gasteiger partial charge in [0, 0.05) is 24.8 Å². The third-order valence-electron chi connectivity index (χ3n) is 2.05. The van der Waals surface area contributed by atoms with Crippen LogP contribution in [0.3, 0.4) is 0 Å². The molecule has 0 aliphatic heterocycles. The SMILES string of the molecule is Cc1ccc([S@@](=O)ON(CCCl)CCCl)cc1. The molecule has 1 aromatic carbocycles. The van der Waals surface area contributed by atoms with E-state index >= 15 is 0 Å². The van der Waals surface area contributed by atoms with Crippen LogP contribution in [-0.4, -0.2) is 34.1 Å². The molecule has 96 valence electrons. The fraction of sp³-hybridized carbons (Fsp3) is 0.455. The molecule has 1 rings (SSSR count). The number of benzene rings is 1. The van der Waals surface area contributed by atoms with Gasteiger partial charge in [-0.2, -0.15) is 9.35 Å². The molecular weight excluding hydrogens is 281 g/mol. The minimum Gasteiger partial charge on any atom is -0.223 e. The highest BCUT2D eigenvalue weighted by Crippen LogP contribution is 2.11. The third-order valence-corrected chi connectivity index (χ3v) is 3.40. The molecule has 0 fully saturated rings. The van der Waals surface area contributed by atoms with Gasteiger partial charge in [-0.3, -0.25) is 0 Å². The second kappa shape index (κ2) is 8.06. The van der Waals surface area contributed by atoms with Crippen molar-refractivity contribution in [1.29, 1.82) is 0 Å². The fourth-order valence-electron chi connectivity index (χ4n) is 1.16. The van der Waals surface area contributed by atoms with Crippen LogP contribution in [0.5, 0.6) is 0 Å². The van der Waals surface area contributed by atoms with Gasteiger partial charge in [0.2, 0.25) is 11.1 Å². The van der Waals surface area contributed by atoms with E-state index in [4.69, 9.17) is 27.5 Å². The number of nitrogens with zero attached hydrogens (tertiary/aromatic N) is 1. The van der Waals surface area contributed by atoms with E-state index in [0.717, 1.165) is 5.56 Å². The van der Waals surface area contributed by atoms with Crippen LogP contribution in [0, 0.1) is 6.92 Å². The van der Waals surface area contributed by atoms with Crippen LogP contribution >= 0.6 is 23.2 Å². The van der Waals surface area contributed by atoms with Gasteiger partial charge in [0.25, 0.3) is 0 Å². The first-order valence-corrected chi connectivity index (χ1v) is 7.35.